The highest BCUT2D eigenvalue weighted by Gasteiger charge is 2.30. The van der Waals surface area contributed by atoms with Gasteiger partial charge in [-0.05, 0) is 45.7 Å². The molecule has 1 aromatic carbocycles. The SMILES string of the molecule is CC(C)(C)OC(=O)N1CCC[C@@H](NS(=O)(=O)Cc2c(Cl)cccc2Cl)C1. The summed E-state index contributed by atoms with van der Waals surface area (Å²) in [6.07, 6.45) is 0.907. The summed E-state index contributed by atoms with van der Waals surface area (Å²) >= 11 is 12.1. The van der Waals surface area contributed by atoms with E-state index in [1.54, 1.807) is 39.0 Å². The molecule has 0 spiro atoms. The van der Waals surface area contributed by atoms with Crippen molar-refractivity contribution in [2.24, 2.45) is 0 Å². The monoisotopic (exact) mass is 422 g/mol. The molecule has 0 saturated carbocycles. The van der Waals surface area contributed by atoms with E-state index in [0.29, 0.717) is 35.0 Å². The van der Waals surface area contributed by atoms with Crippen LogP contribution >= 0.6 is 23.2 Å². The average molecular weight is 423 g/mol. The van der Waals surface area contributed by atoms with E-state index in [1.165, 1.54) is 4.90 Å². The number of carbonyl (C=O) groups excluding carboxylic acids is 1. The van der Waals surface area contributed by atoms with Gasteiger partial charge < -0.3 is 9.64 Å². The molecule has 0 aromatic heterocycles. The van der Waals surface area contributed by atoms with Crippen LogP contribution in [0.3, 0.4) is 0 Å². The number of hydrogen-bond donors (Lipinski definition) is 1. The molecule has 1 fully saturated rings. The minimum Gasteiger partial charge on any atom is -0.444 e. The fourth-order valence-electron chi connectivity index (χ4n) is 2.72. The molecule has 1 aromatic rings. The lowest BCUT2D eigenvalue weighted by Crippen LogP contribution is -2.50. The smallest absolute Gasteiger partial charge is 0.410 e. The minimum atomic E-state index is -3.66. The van der Waals surface area contributed by atoms with Crippen molar-refractivity contribution < 1.29 is 17.9 Å². The highest BCUT2D eigenvalue weighted by Crippen LogP contribution is 2.26. The summed E-state index contributed by atoms with van der Waals surface area (Å²) in [7, 11) is -3.66. The van der Waals surface area contributed by atoms with E-state index in [-0.39, 0.29) is 18.3 Å². The van der Waals surface area contributed by atoms with Crippen LogP contribution in [0.4, 0.5) is 4.79 Å². The van der Waals surface area contributed by atoms with Gasteiger partial charge >= 0.3 is 6.09 Å². The van der Waals surface area contributed by atoms with Crippen LogP contribution in [-0.4, -0.2) is 44.1 Å². The average Bonchev–Trinajstić information content (AvgIpc) is 2.49. The number of sulfonamides is 1. The normalized spacial score (nSPS) is 18.7. The van der Waals surface area contributed by atoms with E-state index in [2.05, 4.69) is 4.72 Å². The van der Waals surface area contributed by atoms with Crippen molar-refractivity contribution in [3.8, 4) is 0 Å². The fraction of sp³-hybridized carbons (Fsp3) is 0.588. The van der Waals surface area contributed by atoms with Crippen LogP contribution in [0.2, 0.25) is 10.0 Å². The third-order valence-corrected chi connectivity index (χ3v) is 5.88. The van der Waals surface area contributed by atoms with E-state index in [0.717, 1.165) is 0 Å². The van der Waals surface area contributed by atoms with Gasteiger partial charge in [-0.1, -0.05) is 29.3 Å². The second kappa shape index (κ2) is 8.33. The predicted molar refractivity (Wildman–Crippen MR) is 103 cm³/mol. The molecule has 0 bridgehead atoms. The number of ether oxygens (including phenoxy) is 1. The van der Waals surface area contributed by atoms with Gasteiger partial charge in [0.25, 0.3) is 0 Å². The van der Waals surface area contributed by atoms with Crippen LogP contribution in [-0.2, 0) is 20.5 Å². The van der Waals surface area contributed by atoms with E-state index in [1.807, 2.05) is 0 Å². The molecule has 1 aliphatic heterocycles. The summed E-state index contributed by atoms with van der Waals surface area (Å²) in [5.74, 6) is -0.311. The number of halogens is 2. The molecule has 1 heterocycles. The lowest BCUT2D eigenvalue weighted by Gasteiger charge is -2.34. The summed E-state index contributed by atoms with van der Waals surface area (Å²) in [4.78, 5) is 13.7. The highest BCUT2D eigenvalue weighted by molar-refractivity contribution is 7.88. The zero-order chi connectivity index (χ0) is 19.5. The first kappa shape index (κ1) is 21.3. The number of carbonyl (C=O) groups is 1. The highest BCUT2D eigenvalue weighted by atomic mass is 35.5. The van der Waals surface area contributed by atoms with Crippen molar-refractivity contribution in [3.05, 3.63) is 33.8 Å². The third-order valence-electron chi connectivity index (χ3n) is 3.82. The molecule has 0 radical (unpaired) electrons. The summed E-state index contributed by atoms with van der Waals surface area (Å²) in [6.45, 7) is 6.20. The number of piperidine rings is 1. The van der Waals surface area contributed by atoms with Crippen molar-refractivity contribution in [2.75, 3.05) is 13.1 Å². The topological polar surface area (TPSA) is 75.7 Å². The van der Waals surface area contributed by atoms with Gasteiger partial charge in [-0.15, -0.1) is 0 Å². The second-order valence-corrected chi connectivity index (χ2v) is 9.91. The molecule has 1 N–H and O–H groups in total. The van der Waals surface area contributed by atoms with Crippen LogP contribution in [0.5, 0.6) is 0 Å². The fourth-order valence-corrected chi connectivity index (χ4v) is 4.89. The molecule has 1 aliphatic rings. The molecule has 0 aliphatic carbocycles. The number of likely N-dealkylation sites (tertiary alicyclic amines) is 1. The number of amides is 1. The quantitative estimate of drug-likeness (QED) is 0.799. The van der Waals surface area contributed by atoms with E-state index < -0.39 is 21.7 Å². The van der Waals surface area contributed by atoms with E-state index in [9.17, 15) is 13.2 Å². The van der Waals surface area contributed by atoms with Crippen molar-refractivity contribution >= 4 is 39.3 Å². The van der Waals surface area contributed by atoms with E-state index >= 15 is 0 Å². The third kappa shape index (κ3) is 6.30. The lowest BCUT2D eigenvalue weighted by atomic mass is 10.1. The Bertz CT molecular complexity index is 742. The number of hydrogen-bond acceptors (Lipinski definition) is 4. The van der Waals surface area contributed by atoms with Crippen LogP contribution in [0.1, 0.15) is 39.2 Å². The molecular formula is C17H24Cl2N2O4S. The number of benzene rings is 1. The van der Waals surface area contributed by atoms with Crippen molar-refractivity contribution in [1.82, 2.24) is 9.62 Å². The molecule has 2 rings (SSSR count). The van der Waals surface area contributed by atoms with Gasteiger partial charge in [0, 0.05) is 34.7 Å². The Morgan fingerprint density at radius 1 is 1.31 bits per heavy atom. The summed E-state index contributed by atoms with van der Waals surface area (Å²) in [6, 6.07) is 4.49. The number of nitrogens with zero attached hydrogens (tertiary/aromatic N) is 1. The maximum atomic E-state index is 12.5. The van der Waals surface area contributed by atoms with Gasteiger partial charge in [-0.3, -0.25) is 0 Å². The number of nitrogens with one attached hydrogen (secondary N) is 1. The van der Waals surface area contributed by atoms with Gasteiger partial charge in [0.2, 0.25) is 10.0 Å². The summed E-state index contributed by atoms with van der Waals surface area (Å²) < 4.78 is 33.0. The maximum absolute atomic E-state index is 12.5. The molecular weight excluding hydrogens is 399 g/mol. The zero-order valence-corrected chi connectivity index (χ0v) is 17.4. The van der Waals surface area contributed by atoms with Crippen LogP contribution in [0, 0.1) is 0 Å². The summed E-state index contributed by atoms with van der Waals surface area (Å²) in [5.41, 5.74) is -0.229. The Labute approximate surface area is 164 Å². The number of rotatable bonds is 4. The first-order valence-corrected chi connectivity index (χ1v) is 10.8. The predicted octanol–water partition coefficient (Wildman–Crippen LogP) is 3.81. The molecule has 1 saturated heterocycles. The molecule has 9 heteroatoms. The minimum absolute atomic E-state index is 0.268. The molecule has 0 unspecified atom stereocenters. The molecule has 146 valence electrons. The Kier molecular flexibility index (Phi) is 6.82. The molecule has 6 nitrogen and oxygen atoms in total. The van der Waals surface area contributed by atoms with Gasteiger partial charge in [0.1, 0.15) is 5.60 Å². The first-order chi connectivity index (χ1) is 12.0. The lowest BCUT2D eigenvalue weighted by molar-refractivity contribution is 0.0195. The van der Waals surface area contributed by atoms with Gasteiger partial charge in [0.05, 0.1) is 5.75 Å². The zero-order valence-electron chi connectivity index (χ0n) is 15.1. The Balaban J connectivity index is 2.01. The molecule has 26 heavy (non-hydrogen) atoms. The van der Waals surface area contributed by atoms with Crippen molar-refractivity contribution in [2.45, 2.75) is 51.0 Å². The summed E-state index contributed by atoms with van der Waals surface area (Å²) in [5, 5.41) is 0.615. The largest absolute Gasteiger partial charge is 0.444 e. The Hall–Kier alpha value is -1.02. The van der Waals surface area contributed by atoms with Crippen molar-refractivity contribution in [1.29, 1.82) is 0 Å². The van der Waals surface area contributed by atoms with Gasteiger partial charge in [-0.2, -0.15) is 0 Å². The second-order valence-electron chi connectivity index (χ2n) is 7.34. The van der Waals surface area contributed by atoms with Crippen LogP contribution < -0.4 is 4.72 Å². The van der Waals surface area contributed by atoms with Gasteiger partial charge in [0.15, 0.2) is 0 Å². The van der Waals surface area contributed by atoms with Gasteiger partial charge in [-0.25, -0.2) is 17.9 Å². The van der Waals surface area contributed by atoms with E-state index in [4.69, 9.17) is 27.9 Å². The van der Waals surface area contributed by atoms with Crippen LogP contribution in [0.25, 0.3) is 0 Å². The molecule has 1 amide bonds. The Morgan fingerprint density at radius 3 is 2.50 bits per heavy atom. The van der Waals surface area contributed by atoms with Crippen molar-refractivity contribution in [3.63, 3.8) is 0 Å². The standard InChI is InChI=1S/C17H24Cl2N2O4S/c1-17(2,3)25-16(22)21-9-5-6-12(10-21)20-26(23,24)11-13-14(18)7-4-8-15(13)19/h4,7-8,12,20H,5-6,9-11H2,1-3H3/t12-/m1/s1. The first-order valence-electron chi connectivity index (χ1n) is 8.38. The Morgan fingerprint density at radius 2 is 1.92 bits per heavy atom. The maximum Gasteiger partial charge on any atom is 0.410 e. The van der Waals surface area contributed by atoms with Crippen LogP contribution in [0.15, 0.2) is 18.2 Å². The molecule has 1 atom stereocenters.